The van der Waals surface area contributed by atoms with Gasteiger partial charge in [-0.1, -0.05) is 29.8 Å². The van der Waals surface area contributed by atoms with Gasteiger partial charge in [-0.05, 0) is 47.7 Å². The van der Waals surface area contributed by atoms with Gasteiger partial charge in [-0.3, -0.25) is 9.69 Å². The van der Waals surface area contributed by atoms with Crippen molar-refractivity contribution in [2.24, 2.45) is 11.8 Å². The van der Waals surface area contributed by atoms with Gasteiger partial charge in [0.15, 0.2) is 0 Å². The molecular weight excluding hydrogens is 518 g/mol. The molecule has 0 spiro atoms. The highest BCUT2D eigenvalue weighted by molar-refractivity contribution is 6.30. The first-order valence-corrected chi connectivity index (χ1v) is 11.6. The Balaban J connectivity index is 0.000000405. The molecule has 0 aliphatic carbocycles. The van der Waals surface area contributed by atoms with Crippen molar-refractivity contribution in [1.29, 1.82) is 0 Å². The molecule has 0 saturated carbocycles. The van der Waals surface area contributed by atoms with Gasteiger partial charge < -0.3 is 15.0 Å². The number of nitrogens with one attached hydrogen (secondary N) is 1. The number of hydrogen-bond donors (Lipinski definition) is 2. The summed E-state index contributed by atoms with van der Waals surface area (Å²) >= 11 is 5.99. The number of aliphatic carboxylic acids is 1. The van der Waals surface area contributed by atoms with Crippen LogP contribution >= 0.6 is 11.6 Å². The highest BCUT2D eigenvalue weighted by atomic mass is 35.5. The van der Waals surface area contributed by atoms with E-state index in [4.69, 9.17) is 21.5 Å². The van der Waals surface area contributed by atoms with Gasteiger partial charge in [0.2, 0.25) is 5.82 Å². The van der Waals surface area contributed by atoms with Crippen LogP contribution < -0.4 is 5.32 Å². The first-order valence-electron chi connectivity index (χ1n) is 11.3. The molecule has 2 N–H and O–H groups in total. The Labute approximate surface area is 213 Å². The van der Waals surface area contributed by atoms with Gasteiger partial charge >= 0.3 is 12.1 Å². The van der Waals surface area contributed by atoms with Gasteiger partial charge in [0.1, 0.15) is 11.6 Å². The third-order valence-corrected chi connectivity index (χ3v) is 6.44. The Morgan fingerprint density at radius 1 is 1.05 bits per heavy atom. The first kappa shape index (κ1) is 26.6. The van der Waals surface area contributed by atoms with Crippen LogP contribution in [0.15, 0.2) is 48.5 Å². The van der Waals surface area contributed by atoms with Gasteiger partial charge in [0.05, 0.1) is 0 Å². The molecule has 1 saturated heterocycles. The van der Waals surface area contributed by atoms with E-state index in [1.165, 1.54) is 17.7 Å². The SMILES string of the molecule is O=C(Nc1cccc(F)c1)c1nnc2n1CC1CN(Cc3ccc(Cl)cc3)CC1C2.O=C(O)C(F)(F)F. The van der Waals surface area contributed by atoms with Crippen LogP contribution in [0, 0.1) is 17.7 Å². The maximum Gasteiger partial charge on any atom is 0.490 e. The van der Waals surface area contributed by atoms with Crippen molar-refractivity contribution < 1.29 is 32.3 Å². The summed E-state index contributed by atoms with van der Waals surface area (Å²) in [5.74, 6) is -1.44. The van der Waals surface area contributed by atoms with E-state index in [1.54, 1.807) is 12.1 Å². The Morgan fingerprint density at radius 3 is 2.38 bits per heavy atom. The Hall–Kier alpha value is -3.51. The third kappa shape index (κ3) is 6.63. The van der Waals surface area contributed by atoms with Crippen molar-refractivity contribution in [3.8, 4) is 0 Å². The summed E-state index contributed by atoms with van der Waals surface area (Å²) in [5, 5.41) is 19.0. The van der Waals surface area contributed by atoms with Crippen molar-refractivity contribution in [3.63, 3.8) is 0 Å². The molecule has 0 bridgehead atoms. The molecule has 196 valence electrons. The van der Waals surface area contributed by atoms with Crippen LogP contribution in [0.4, 0.5) is 23.2 Å². The monoisotopic (exact) mass is 539 g/mol. The van der Waals surface area contributed by atoms with Crippen LogP contribution in [-0.4, -0.2) is 55.9 Å². The fourth-order valence-corrected chi connectivity index (χ4v) is 4.65. The molecule has 1 amide bonds. The van der Waals surface area contributed by atoms with Crippen LogP contribution in [0.1, 0.15) is 22.0 Å². The molecule has 1 aromatic heterocycles. The lowest BCUT2D eigenvalue weighted by molar-refractivity contribution is -0.192. The maximum atomic E-state index is 13.4. The zero-order valence-electron chi connectivity index (χ0n) is 19.3. The normalized spacial score (nSPS) is 18.8. The molecule has 13 heteroatoms. The fourth-order valence-electron chi connectivity index (χ4n) is 4.52. The van der Waals surface area contributed by atoms with Crippen molar-refractivity contribution in [1.82, 2.24) is 19.7 Å². The number of benzene rings is 2. The Kier molecular flexibility index (Phi) is 7.79. The number of anilines is 1. The quantitative estimate of drug-likeness (QED) is 0.481. The van der Waals surface area contributed by atoms with E-state index in [1.807, 2.05) is 16.7 Å². The number of amides is 1. The minimum absolute atomic E-state index is 0.281. The molecular formula is C24H22ClF4N5O3. The van der Waals surface area contributed by atoms with E-state index in [9.17, 15) is 22.4 Å². The summed E-state index contributed by atoms with van der Waals surface area (Å²) in [5.41, 5.74) is 1.65. The number of alkyl halides is 3. The number of carboxylic acids is 1. The van der Waals surface area contributed by atoms with Crippen LogP contribution in [0.2, 0.25) is 5.02 Å². The molecule has 2 atom stereocenters. The summed E-state index contributed by atoms with van der Waals surface area (Å²) in [4.78, 5) is 24.1. The third-order valence-electron chi connectivity index (χ3n) is 6.19. The number of rotatable bonds is 4. The molecule has 2 unspecified atom stereocenters. The van der Waals surface area contributed by atoms with Crippen LogP contribution in [0.5, 0.6) is 0 Å². The standard InChI is InChI=1S/C22H21ClFN5O.C2HF3O2/c23-17-6-4-14(5-7-17)10-28-11-15-8-20-26-27-21(29(20)13-16(15)12-28)22(30)25-19-3-1-2-18(24)9-19;3-2(4,5)1(6)7/h1-7,9,15-16H,8,10-13H2,(H,25,30);(H,6,7). The maximum absolute atomic E-state index is 13.4. The number of carbonyl (C=O) groups is 2. The predicted molar refractivity (Wildman–Crippen MR) is 125 cm³/mol. The number of hydrogen-bond acceptors (Lipinski definition) is 5. The number of carbonyl (C=O) groups excluding carboxylic acids is 1. The topological polar surface area (TPSA) is 100 Å². The fraction of sp³-hybridized carbons (Fsp3) is 0.333. The molecule has 8 nitrogen and oxygen atoms in total. The van der Waals surface area contributed by atoms with Crippen molar-refractivity contribution in [2.75, 3.05) is 18.4 Å². The molecule has 5 rings (SSSR count). The summed E-state index contributed by atoms with van der Waals surface area (Å²) in [6, 6.07) is 13.8. The summed E-state index contributed by atoms with van der Waals surface area (Å²) in [7, 11) is 0. The predicted octanol–water partition coefficient (Wildman–Crippen LogP) is 4.26. The minimum Gasteiger partial charge on any atom is -0.475 e. The lowest BCUT2D eigenvalue weighted by Gasteiger charge is -2.25. The van der Waals surface area contributed by atoms with Crippen LogP contribution in [-0.2, 0) is 24.3 Å². The highest BCUT2D eigenvalue weighted by Gasteiger charge is 2.39. The molecule has 1 fully saturated rings. The van der Waals surface area contributed by atoms with E-state index in [0.717, 1.165) is 43.4 Å². The van der Waals surface area contributed by atoms with Gasteiger partial charge in [-0.15, -0.1) is 10.2 Å². The molecule has 2 aliphatic rings. The zero-order valence-corrected chi connectivity index (χ0v) is 20.0. The molecule has 0 radical (unpaired) electrons. The number of halogens is 5. The first-order chi connectivity index (χ1) is 17.5. The number of likely N-dealkylation sites (tertiary alicyclic amines) is 1. The second-order valence-electron chi connectivity index (χ2n) is 8.86. The summed E-state index contributed by atoms with van der Waals surface area (Å²) in [6.45, 7) is 3.58. The van der Waals surface area contributed by atoms with Crippen molar-refractivity contribution in [3.05, 3.63) is 76.6 Å². The van der Waals surface area contributed by atoms with E-state index >= 15 is 0 Å². The van der Waals surface area contributed by atoms with Gasteiger partial charge in [-0.25, -0.2) is 9.18 Å². The van der Waals surface area contributed by atoms with E-state index < -0.39 is 18.0 Å². The van der Waals surface area contributed by atoms with E-state index in [0.29, 0.717) is 17.5 Å². The molecule has 2 aromatic carbocycles. The lowest BCUT2D eigenvalue weighted by Crippen LogP contribution is -2.31. The molecule has 2 aliphatic heterocycles. The second-order valence-corrected chi connectivity index (χ2v) is 9.30. The summed E-state index contributed by atoms with van der Waals surface area (Å²) in [6.07, 6.45) is -4.28. The van der Waals surface area contributed by atoms with E-state index in [2.05, 4.69) is 32.5 Å². The average molecular weight is 540 g/mol. The molecule has 37 heavy (non-hydrogen) atoms. The van der Waals surface area contributed by atoms with Crippen LogP contribution in [0.25, 0.3) is 0 Å². The van der Waals surface area contributed by atoms with Gasteiger partial charge in [0.25, 0.3) is 5.91 Å². The number of aromatic nitrogens is 3. The smallest absolute Gasteiger partial charge is 0.475 e. The average Bonchev–Trinajstić information content (AvgIpc) is 3.41. The van der Waals surface area contributed by atoms with Crippen molar-refractivity contribution in [2.45, 2.75) is 25.7 Å². The Morgan fingerprint density at radius 2 is 1.73 bits per heavy atom. The molecule has 3 heterocycles. The summed E-state index contributed by atoms with van der Waals surface area (Å²) < 4.78 is 47.1. The zero-order chi connectivity index (χ0) is 26.7. The number of nitrogens with zero attached hydrogens (tertiary/aromatic N) is 4. The highest BCUT2D eigenvalue weighted by Crippen LogP contribution is 2.33. The molecule has 3 aromatic rings. The number of fused-ring (bicyclic) bond motifs is 2. The Bertz CT molecular complexity index is 1280. The van der Waals surface area contributed by atoms with Gasteiger partial charge in [-0.2, -0.15) is 13.2 Å². The lowest BCUT2D eigenvalue weighted by atomic mass is 9.89. The van der Waals surface area contributed by atoms with Crippen LogP contribution in [0.3, 0.4) is 0 Å². The number of carboxylic acid groups (broad SMARTS) is 1. The van der Waals surface area contributed by atoms with E-state index in [-0.39, 0.29) is 11.7 Å². The minimum atomic E-state index is -5.08. The second kappa shape index (κ2) is 10.9. The largest absolute Gasteiger partial charge is 0.490 e. The van der Waals surface area contributed by atoms with Gasteiger partial charge in [0, 0.05) is 43.3 Å². The van der Waals surface area contributed by atoms with Crippen molar-refractivity contribution >= 4 is 29.2 Å².